The van der Waals surface area contributed by atoms with Crippen molar-refractivity contribution in [1.29, 1.82) is 0 Å². The average Bonchev–Trinajstić information content (AvgIpc) is 2.56. The molecular formula is C16H34B2O4. The van der Waals surface area contributed by atoms with E-state index in [1.54, 1.807) is 0 Å². The van der Waals surface area contributed by atoms with Gasteiger partial charge in [-0.3, -0.25) is 0 Å². The van der Waals surface area contributed by atoms with Crippen LogP contribution in [-0.4, -0.2) is 37.1 Å². The summed E-state index contributed by atoms with van der Waals surface area (Å²) in [5.74, 6) is 0. The van der Waals surface area contributed by atoms with Crippen LogP contribution in [-0.2, 0) is 18.6 Å². The quantitative estimate of drug-likeness (QED) is 0.716. The summed E-state index contributed by atoms with van der Waals surface area (Å²) in [6, 6.07) is 0. The lowest BCUT2D eigenvalue weighted by Crippen LogP contribution is -2.45. The Labute approximate surface area is 137 Å². The molecule has 0 aromatic rings. The zero-order valence-corrected chi connectivity index (χ0v) is 16.0. The van der Waals surface area contributed by atoms with E-state index < -0.39 is 0 Å². The average molecular weight is 312 g/mol. The summed E-state index contributed by atoms with van der Waals surface area (Å²) in [5, 5.41) is 0. The van der Waals surface area contributed by atoms with Gasteiger partial charge in [-0.15, -0.1) is 0 Å². The molecule has 1 atom stereocenters. The van der Waals surface area contributed by atoms with Gasteiger partial charge in [0.25, 0.3) is 0 Å². The zero-order valence-electron chi connectivity index (χ0n) is 16.0. The van der Waals surface area contributed by atoms with Crippen LogP contribution in [0.1, 0.15) is 68.7 Å². The van der Waals surface area contributed by atoms with E-state index in [2.05, 4.69) is 62.3 Å². The molecule has 0 aromatic carbocycles. The third-order valence-electron chi connectivity index (χ3n) is 4.58. The minimum atomic E-state index is -0.159. The van der Waals surface area contributed by atoms with Crippen molar-refractivity contribution in [1.82, 2.24) is 0 Å². The maximum atomic E-state index is 5.69. The van der Waals surface area contributed by atoms with Crippen LogP contribution >= 0.6 is 0 Å². The molecule has 2 rings (SSSR count). The first-order valence-corrected chi connectivity index (χ1v) is 8.61. The first-order chi connectivity index (χ1) is 9.92. The first kappa shape index (κ1) is 20.0. The zero-order chi connectivity index (χ0) is 17.2. The molecule has 0 N–H and O–H groups in total. The maximum Gasteiger partial charge on any atom is 0.457 e. The van der Waals surface area contributed by atoms with Gasteiger partial charge < -0.3 is 18.6 Å². The predicted octanol–water partition coefficient (Wildman–Crippen LogP) is 4.20. The standard InChI is InChI=1S/2C8H17BO2/c1-6-9-10-7(2,3)8(4,5)11-9;1-5-9-10-7(2)6-8(3,4)11-9/h6H2,1-5H3;7H,5-6H2,1-4H3. The Morgan fingerprint density at radius 1 is 0.818 bits per heavy atom. The van der Waals surface area contributed by atoms with E-state index in [1.807, 2.05) is 0 Å². The van der Waals surface area contributed by atoms with Gasteiger partial charge in [-0.2, -0.15) is 0 Å². The topological polar surface area (TPSA) is 36.9 Å². The molecule has 2 aliphatic rings. The first-order valence-electron chi connectivity index (χ1n) is 8.61. The van der Waals surface area contributed by atoms with E-state index in [4.69, 9.17) is 18.6 Å². The van der Waals surface area contributed by atoms with Crippen LogP contribution in [0.15, 0.2) is 0 Å². The van der Waals surface area contributed by atoms with Gasteiger partial charge in [0, 0.05) is 6.10 Å². The van der Waals surface area contributed by atoms with Crippen molar-refractivity contribution in [2.24, 2.45) is 0 Å². The van der Waals surface area contributed by atoms with Crippen molar-refractivity contribution in [2.45, 2.75) is 104 Å². The molecule has 0 aliphatic carbocycles. The van der Waals surface area contributed by atoms with Crippen LogP contribution in [0.2, 0.25) is 12.6 Å². The van der Waals surface area contributed by atoms with E-state index in [9.17, 15) is 0 Å². The Hall–Kier alpha value is -0.0301. The van der Waals surface area contributed by atoms with Crippen LogP contribution < -0.4 is 0 Å². The van der Waals surface area contributed by atoms with E-state index >= 15 is 0 Å². The summed E-state index contributed by atoms with van der Waals surface area (Å²) >= 11 is 0. The lowest BCUT2D eigenvalue weighted by Gasteiger charge is -2.37. The second-order valence-corrected chi connectivity index (χ2v) is 7.96. The van der Waals surface area contributed by atoms with E-state index in [0.717, 1.165) is 19.1 Å². The van der Waals surface area contributed by atoms with Crippen molar-refractivity contribution in [3.05, 3.63) is 0 Å². The van der Waals surface area contributed by atoms with Gasteiger partial charge in [0.1, 0.15) is 0 Å². The van der Waals surface area contributed by atoms with Crippen molar-refractivity contribution < 1.29 is 18.6 Å². The van der Waals surface area contributed by atoms with Crippen LogP contribution in [0.4, 0.5) is 0 Å². The van der Waals surface area contributed by atoms with Gasteiger partial charge >= 0.3 is 14.2 Å². The molecule has 0 amide bonds. The third kappa shape index (κ3) is 5.26. The van der Waals surface area contributed by atoms with E-state index in [-0.39, 0.29) is 31.0 Å². The number of hydrogen-bond acceptors (Lipinski definition) is 4. The normalized spacial score (nSPS) is 29.0. The maximum absolute atomic E-state index is 5.69. The molecule has 0 saturated carbocycles. The Bertz CT molecular complexity index is 340. The molecule has 6 heteroatoms. The summed E-state index contributed by atoms with van der Waals surface area (Å²) in [5.41, 5.74) is -0.320. The van der Waals surface area contributed by atoms with Crippen LogP contribution in [0, 0.1) is 0 Å². The van der Waals surface area contributed by atoms with Crippen molar-refractivity contribution >= 4 is 14.2 Å². The van der Waals surface area contributed by atoms with Gasteiger partial charge in [0.2, 0.25) is 0 Å². The third-order valence-corrected chi connectivity index (χ3v) is 4.58. The van der Waals surface area contributed by atoms with Crippen molar-refractivity contribution in [2.75, 3.05) is 0 Å². The summed E-state index contributed by atoms with van der Waals surface area (Å²) in [7, 11) is -0.00579. The second kappa shape index (κ2) is 7.25. The second-order valence-electron chi connectivity index (χ2n) is 7.96. The molecule has 2 heterocycles. The Kier molecular flexibility index (Phi) is 6.59. The van der Waals surface area contributed by atoms with Crippen molar-refractivity contribution in [3.63, 3.8) is 0 Å². The molecule has 128 valence electrons. The fourth-order valence-corrected chi connectivity index (χ4v) is 2.74. The molecule has 2 aliphatic heterocycles. The monoisotopic (exact) mass is 312 g/mol. The van der Waals surface area contributed by atoms with Gasteiger partial charge in [-0.05, 0) is 67.5 Å². The highest BCUT2D eigenvalue weighted by Crippen LogP contribution is 2.37. The Morgan fingerprint density at radius 3 is 1.59 bits per heavy atom. The number of hydrogen-bond donors (Lipinski definition) is 0. The predicted molar refractivity (Wildman–Crippen MR) is 93.1 cm³/mol. The lowest BCUT2D eigenvalue weighted by molar-refractivity contribution is -0.0283. The fraction of sp³-hybridized carbons (Fsp3) is 1.00. The summed E-state index contributed by atoms with van der Waals surface area (Å²) in [4.78, 5) is 0. The highest BCUT2D eigenvalue weighted by atomic mass is 16.7. The van der Waals surface area contributed by atoms with Gasteiger partial charge in [-0.1, -0.05) is 13.8 Å². The smallest absolute Gasteiger partial charge is 0.409 e. The summed E-state index contributed by atoms with van der Waals surface area (Å²) < 4.78 is 22.6. The molecule has 0 bridgehead atoms. The molecule has 22 heavy (non-hydrogen) atoms. The Balaban J connectivity index is 0.000000220. The molecular weight excluding hydrogens is 278 g/mol. The molecule has 0 radical (unpaired) electrons. The summed E-state index contributed by atoms with van der Waals surface area (Å²) in [6.45, 7) is 18.8. The largest absolute Gasteiger partial charge is 0.457 e. The molecule has 4 nitrogen and oxygen atoms in total. The lowest BCUT2D eigenvalue weighted by atomic mass is 9.80. The summed E-state index contributed by atoms with van der Waals surface area (Å²) in [6.07, 6.45) is 3.19. The Morgan fingerprint density at radius 2 is 1.27 bits per heavy atom. The van der Waals surface area contributed by atoms with Crippen LogP contribution in [0.5, 0.6) is 0 Å². The molecule has 1 unspecified atom stereocenters. The van der Waals surface area contributed by atoms with E-state index in [1.165, 1.54) is 0 Å². The minimum absolute atomic E-state index is 0.00164. The number of rotatable bonds is 2. The minimum Gasteiger partial charge on any atom is -0.409 e. The van der Waals surface area contributed by atoms with Gasteiger partial charge in [0.15, 0.2) is 0 Å². The SMILES string of the molecule is CCB1OC(C)(C)C(C)(C)O1.CCB1OC(C)CC(C)(C)O1. The van der Waals surface area contributed by atoms with Crippen LogP contribution in [0.25, 0.3) is 0 Å². The fourth-order valence-electron chi connectivity index (χ4n) is 2.74. The molecule has 0 spiro atoms. The van der Waals surface area contributed by atoms with Crippen molar-refractivity contribution in [3.8, 4) is 0 Å². The molecule has 2 saturated heterocycles. The molecule has 2 fully saturated rings. The van der Waals surface area contributed by atoms with Gasteiger partial charge in [0.05, 0.1) is 16.8 Å². The highest BCUT2D eigenvalue weighted by molar-refractivity contribution is 6.45. The van der Waals surface area contributed by atoms with Gasteiger partial charge in [-0.25, -0.2) is 0 Å². The molecule has 0 aromatic heterocycles. The highest BCUT2D eigenvalue weighted by Gasteiger charge is 2.49. The van der Waals surface area contributed by atoms with E-state index in [0.29, 0.717) is 6.10 Å². The van der Waals surface area contributed by atoms with Crippen LogP contribution in [0.3, 0.4) is 0 Å².